The van der Waals surface area contributed by atoms with Gasteiger partial charge in [0.2, 0.25) is 0 Å². The lowest BCUT2D eigenvalue weighted by atomic mass is 10.4. The van der Waals surface area contributed by atoms with Crippen LogP contribution in [0, 0.1) is 7.14 Å². The number of aromatic amines is 1. The lowest BCUT2D eigenvalue weighted by Crippen LogP contribution is -1.82. The fourth-order valence-corrected chi connectivity index (χ4v) is 1.76. The van der Waals surface area contributed by atoms with Crippen LogP contribution in [0.15, 0.2) is 0 Å². The van der Waals surface area contributed by atoms with E-state index in [0.29, 0.717) is 24.0 Å². The molecule has 1 rings (SSSR count). The fraction of sp³-hybridized carbons (Fsp3) is 0. The predicted molar refractivity (Wildman–Crippen MR) is 57.0 cm³/mol. The Kier molecular flexibility index (Phi) is 3.05. The van der Waals surface area contributed by atoms with E-state index >= 15 is 0 Å². The summed E-state index contributed by atoms with van der Waals surface area (Å²) in [5.74, 6) is 0. The van der Waals surface area contributed by atoms with Crippen molar-refractivity contribution < 1.29 is 9.59 Å². The number of rotatable bonds is 2. The van der Waals surface area contributed by atoms with Gasteiger partial charge in [0.15, 0.2) is 12.6 Å². The molecule has 0 fully saturated rings. The van der Waals surface area contributed by atoms with Crippen LogP contribution in [-0.2, 0) is 0 Å². The van der Waals surface area contributed by atoms with Gasteiger partial charge in [-0.25, -0.2) is 0 Å². The first-order valence-electron chi connectivity index (χ1n) is 2.68. The highest BCUT2D eigenvalue weighted by Crippen LogP contribution is 2.20. The van der Waals surface area contributed by atoms with Crippen LogP contribution in [0.2, 0.25) is 0 Å². The van der Waals surface area contributed by atoms with Crippen molar-refractivity contribution in [2.45, 2.75) is 0 Å². The van der Waals surface area contributed by atoms with Gasteiger partial charge in [-0.15, -0.1) is 0 Å². The summed E-state index contributed by atoms with van der Waals surface area (Å²) in [6.07, 6.45) is 1.41. The predicted octanol–water partition coefficient (Wildman–Crippen LogP) is 1.85. The molecule has 0 spiro atoms. The number of hydrogen-bond donors (Lipinski definition) is 1. The van der Waals surface area contributed by atoms with Crippen molar-refractivity contribution in [1.82, 2.24) is 4.98 Å². The largest absolute Gasteiger partial charge is 0.348 e. The average Bonchev–Trinajstić information content (AvgIpc) is 2.30. The second kappa shape index (κ2) is 3.65. The molecule has 0 unspecified atom stereocenters. The molecular weight excluding hydrogens is 372 g/mol. The molecule has 0 amide bonds. The number of H-pyrrole nitrogens is 1. The number of carbonyl (C=O) groups excluding carboxylic acids is 2. The molecule has 0 aliphatic heterocycles. The van der Waals surface area contributed by atoms with Gasteiger partial charge in [0.1, 0.15) is 0 Å². The van der Waals surface area contributed by atoms with Crippen molar-refractivity contribution in [3.05, 3.63) is 18.5 Å². The first kappa shape index (κ1) is 9.17. The van der Waals surface area contributed by atoms with Gasteiger partial charge >= 0.3 is 0 Å². The molecule has 0 aliphatic carbocycles. The van der Waals surface area contributed by atoms with Gasteiger partial charge in [-0.3, -0.25) is 9.59 Å². The zero-order valence-electron chi connectivity index (χ0n) is 5.23. The summed E-state index contributed by atoms with van der Waals surface area (Å²) < 4.78 is 1.61. The van der Waals surface area contributed by atoms with E-state index in [0.717, 1.165) is 7.14 Å². The molecule has 1 heterocycles. The Morgan fingerprint density at radius 2 is 1.36 bits per heavy atom. The van der Waals surface area contributed by atoms with E-state index in [1.54, 1.807) is 0 Å². The third-order valence-electron chi connectivity index (χ3n) is 1.17. The maximum atomic E-state index is 10.4. The van der Waals surface area contributed by atoms with Crippen molar-refractivity contribution in [3.63, 3.8) is 0 Å². The van der Waals surface area contributed by atoms with E-state index in [9.17, 15) is 9.59 Å². The molecule has 1 aromatic heterocycles. The minimum Gasteiger partial charge on any atom is -0.348 e. The molecule has 0 aromatic carbocycles. The van der Waals surface area contributed by atoms with Crippen LogP contribution in [-0.4, -0.2) is 17.6 Å². The smallest absolute Gasteiger partial charge is 0.167 e. The normalized spacial score (nSPS) is 9.64. The van der Waals surface area contributed by atoms with E-state index in [-0.39, 0.29) is 0 Å². The molecule has 11 heavy (non-hydrogen) atoms. The molecule has 5 heteroatoms. The van der Waals surface area contributed by atoms with Crippen LogP contribution < -0.4 is 0 Å². The third kappa shape index (κ3) is 1.63. The van der Waals surface area contributed by atoms with Gasteiger partial charge in [0, 0.05) is 0 Å². The Hall–Kier alpha value is 0.0800. The Labute approximate surface area is 90.2 Å². The van der Waals surface area contributed by atoms with Crippen molar-refractivity contribution in [1.29, 1.82) is 0 Å². The molecule has 0 aliphatic rings. The van der Waals surface area contributed by atoms with Crippen LogP contribution >= 0.6 is 45.2 Å². The maximum Gasteiger partial charge on any atom is 0.167 e. The van der Waals surface area contributed by atoms with Crippen LogP contribution in [0.1, 0.15) is 21.0 Å². The van der Waals surface area contributed by atoms with Crippen LogP contribution in [0.25, 0.3) is 0 Å². The molecule has 0 saturated carbocycles. The standard InChI is InChI=1S/C6H3I2NO2/c7-5-3(1-10)9-4(2-11)6(5)8/h1-2,9H. The minimum absolute atomic E-state index is 0.470. The highest BCUT2D eigenvalue weighted by molar-refractivity contribution is 14.1. The number of aldehydes is 2. The lowest BCUT2D eigenvalue weighted by molar-refractivity contribution is 0.111. The van der Waals surface area contributed by atoms with Crippen LogP contribution in [0.4, 0.5) is 0 Å². The second-order valence-corrected chi connectivity index (χ2v) is 3.97. The molecular formula is C6H3I2NO2. The Morgan fingerprint density at radius 1 is 1.00 bits per heavy atom. The summed E-state index contributed by atoms with van der Waals surface area (Å²) in [6, 6.07) is 0. The zero-order chi connectivity index (χ0) is 8.43. The van der Waals surface area contributed by atoms with Gasteiger partial charge in [-0.1, -0.05) is 0 Å². The average molecular weight is 375 g/mol. The summed E-state index contributed by atoms with van der Waals surface area (Å²) in [7, 11) is 0. The summed E-state index contributed by atoms with van der Waals surface area (Å²) in [5.41, 5.74) is 0.939. The number of carbonyl (C=O) groups is 2. The number of hydrogen-bond acceptors (Lipinski definition) is 2. The zero-order valence-corrected chi connectivity index (χ0v) is 9.54. The molecule has 0 bridgehead atoms. The number of aromatic nitrogens is 1. The van der Waals surface area contributed by atoms with Crippen molar-refractivity contribution in [2.75, 3.05) is 0 Å². The molecule has 3 nitrogen and oxygen atoms in total. The van der Waals surface area contributed by atoms with Gasteiger partial charge in [0.05, 0.1) is 18.5 Å². The van der Waals surface area contributed by atoms with Gasteiger partial charge in [-0.2, -0.15) is 0 Å². The molecule has 1 aromatic rings. The Balaban J connectivity index is 3.33. The quantitative estimate of drug-likeness (QED) is 0.634. The molecule has 0 radical (unpaired) electrons. The highest BCUT2D eigenvalue weighted by Gasteiger charge is 2.10. The second-order valence-electron chi connectivity index (χ2n) is 1.82. The van der Waals surface area contributed by atoms with E-state index in [4.69, 9.17) is 0 Å². The van der Waals surface area contributed by atoms with Crippen molar-refractivity contribution >= 4 is 57.8 Å². The SMILES string of the molecule is O=Cc1[nH]c(C=O)c(I)c1I. The van der Waals surface area contributed by atoms with E-state index in [1.807, 2.05) is 45.2 Å². The third-order valence-corrected chi connectivity index (χ3v) is 4.44. The van der Waals surface area contributed by atoms with Crippen molar-refractivity contribution in [3.8, 4) is 0 Å². The van der Waals surface area contributed by atoms with E-state index in [2.05, 4.69) is 4.98 Å². The van der Waals surface area contributed by atoms with Gasteiger partial charge in [0.25, 0.3) is 0 Å². The lowest BCUT2D eigenvalue weighted by Gasteiger charge is -1.83. The first-order chi connectivity index (χ1) is 5.20. The number of halogens is 2. The Bertz CT molecular complexity index is 277. The summed E-state index contributed by atoms with van der Waals surface area (Å²) in [6.45, 7) is 0. The maximum absolute atomic E-state index is 10.4. The van der Waals surface area contributed by atoms with Crippen molar-refractivity contribution in [2.24, 2.45) is 0 Å². The number of nitrogens with one attached hydrogen (secondary N) is 1. The molecule has 1 N–H and O–H groups in total. The summed E-state index contributed by atoms with van der Waals surface area (Å²) in [4.78, 5) is 23.4. The van der Waals surface area contributed by atoms with E-state index in [1.165, 1.54) is 0 Å². The monoisotopic (exact) mass is 375 g/mol. The summed E-state index contributed by atoms with van der Waals surface area (Å²) >= 11 is 4.04. The highest BCUT2D eigenvalue weighted by atomic mass is 127. The van der Waals surface area contributed by atoms with Crippen LogP contribution in [0.5, 0.6) is 0 Å². The first-order valence-corrected chi connectivity index (χ1v) is 4.83. The minimum atomic E-state index is 0.470. The molecule has 0 saturated heterocycles. The molecule has 0 atom stereocenters. The van der Waals surface area contributed by atoms with E-state index < -0.39 is 0 Å². The Morgan fingerprint density at radius 3 is 1.55 bits per heavy atom. The summed E-state index contributed by atoms with van der Waals surface area (Å²) in [5, 5.41) is 0. The van der Waals surface area contributed by atoms with Gasteiger partial charge in [-0.05, 0) is 45.2 Å². The topological polar surface area (TPSA) is 49.9 Å². The van der Waals surface area contributed by atoms with Gasteiger partial charge < -0.3 is 4.98 Å². The molecule has 58 valence electrons. The fourth-order valence-electron chi connectivity index (χ4n) is 0.654. The van der Waals surface area contributed by atoms with Crippen LogP contribution in [0.3, 0.4) is 0 Å².